The lowest BCUT2D eigenvalue weighted by molar-refractivity contribution is -0.134. The Hall–Kier alpha value is -3.29. The monoisotopic (exact) mass is 556 g/mol. The van der Waals surface area contributed by atoms with E-state index in [-0.39, 0.29) is 23.3 Å². The van der Waals surface area contributed by atoms with Gasteiger partial charge in [-0.2, -0.15) is 0 Å². The van der Waals surface area contributed by atoms with Crippen molar-refractivity contribution in [2.24, 2.45) is 0 Å². The summed E-state index contributed by atoms with van der Waals surface area (Å²) in [4.78, 5) is 25.1. The average Bonchev–Trinajstić information content (AvgIpc) is 2.85. The van der Waals surface area contributed by atoms with Gasteiger partial charge in [0.1, 0.15) is 29.1 Å². The van der Waals surface area contributed by atoms with Gasteiger partial charge in [-0.1, -0.05) is 52.7 Å². The molecule has 0 bridgehead atoms. The molecule has 0 radical (unpaired) electrons. The summed E-state index contributed by atoms with van der Waals surface area (Å²) in [6, 6.07) is 17.5. The molecule has 8 heteroatoms. The zero-order valence-corrected chi connectivity index (χ0v) is 21.2. The summed E-state index contributed by atoms with van der Waals surface area (Å²) < 4.78 is 23.3. The third kappa shape index (κ3) is 6.24. The summed E-state index contributed by atoms with van der Waals surface area (Å²) in [5, 5.41) is 0.818. The smallest absolute Gasteiger partial charge is 0.311 e. The maximum absolute atomic E-state index is 12.9. The van der Waals surface area contributed by atoms with Crippen LogP contribution in [0.25, 0.3) is 11.0 Å². The Kier molecular flexibility index (Phi) is 8.10. The fourth-order valence-electron chi connectivity index (χ4n) is 3.41. The molecule has 0 saturated heterocycles. The predicted molar refractivity (Wildman–Crippen MR) is 138 cm³/mol. The molecule has 1 heterocycles. The second-order valence-electron chi connectivity index (χ2n) is 7.65. The number of hydrogen-bond donors (Lipinski definition) is 0. The summed E-state index contributed by atoms with van der Waals surface area (Å²) in [5.74, 6) is 1.11. The number of benzene rings is 3. The molecule has 0 saturated carbocycles. The van der Waals surface area contributed by atoms with Gasteiger partial charge in [-0.3, -0.25) is 9.59 Å². The van der Waals surface area contributed by atoms with Gasteiger partial charge in [-0.05, 0) is 54.8 Å². The van der Waals surface area contributed by atoms with Gasteiger partial charge in [0.25, 0.3) is 0 Å². The predicted octanol–water partition coefficient (Wildman–Crippen LogP) is 7.33. The standard InChI is InChI=1S/C27H22BrClO6/c1-2-17-6-3-4-7-22(17)35-25-16-33-24-15-19(10-11-20(24)27(25)31)34-26(30)8-5-13-32-23-12-9-18(28)14-21(23)29/h3-4,6-7,9-12,14-16H,2,5,8,13H2,1H3. The second kappa shape index (κ2) is 11.4. The highest BCUT2D eigenvalue weighted by atomic mass is 79.9. The molecule has 0 aliphatic heterocycles. The Balaban J connectivity index is 1.36. The number of para-hydroxylation sites is 1. The van der Waals surface area contributed by atoms with E-state index in [1.165, 1.54) is 12.3 Å². The van der Waals surface area contributed by atoms with Crippen LogP contribution in [0.3, 0.4) is 0 Å². The molecule has 4 rings (SSSR count). The van der Waals surface area contributed by atoms with Crippen molar-refractivity contribution in [3.8, 4) is 23.0 Å². The normalized spacial score (nSPS) is 10.8. The van der Waals surface area contributed by atoms with E-state index in [0.29, 0.717) is 40.5 Å². The number of hydrogen-bond acceptors (Lipinski definition) is 6. The Bertz CT molecular complexity index is 1410. The lowest BCUT2D eigenvalue weighted by Crippen LogP contribution is -2.10. The van der Waals surface area contributed by atoms with Crippen molar-refractivity contribution in [1.82, 2.24) is 0 Å². The number of esters is 1. The number of rotatable bonds is 9. The van der Waals surface area contributed by atoms with Gasteiger partial charge >= 0.3 is 5.97 Å². The maximum Gasteiger partial charge on any atom is 0.311 e. The molecule has 6 nitrogen and oxygen atoms in total. The molecule has 3 aromatic carbocycles. The van der Waals surface area contributed by atoms with Crippen molar-refractivity contribution in [2.45, 2.75) is 26.2 Å². The van der Waals surface area contributed by atoms with Crippen LogP contribution in [0.4, 0.5) is 0 Å². The van der Waals surface area contributed by atoms with Crippen molar-refractivity contribution >= 4 is 44.5 Å². The number of carbonyl (C=O) groups is 1. The van der Waals surface area contributed by atoms with Crippen LogP contribution in [0.2, 0.25) is 5.02 Å². The van der Waals surface area contributed by atoms with Crippen LogP contribution >= 0.6 is 27.5 Å². The van der Waals surface area contributed by atoms with Gasteiger partial charge in [-0.25, -0.2) is 0 Å². The van der Waals surface area contributed by atoms with Gasteiger partial charge in [0.15, 0.2) is 0 Å². The van der Waals surface area contributed by atoms with Gasteiger partial charge in [-0.15, -0.1) is 0 Å². The lowest BCUT2D eigenvalue weighted by atomic mass is 10.1. The molecule has 1 aromatic heterocycles. The summed E-state index contributed by atoms with van der Waals surface area (Å²) >= 11 is 9.45. The molecule has 0 aliphatic rings. The highest BCUT2D eigenvalue weighted by Gasteiger charge is 2.13. The zero-order valence-electron chi connectivity index (χ0n) is 18.9. The van der Waals surface area contributed by atoms with E-state index < -0.39 is 5.97 Å². The van der Waals surface area contributed by atoms with E-state index in [1.54, 1.807) is 24.3 Å². The minimum atomic E-state index is -0.423. The van der Waals surface area contributed by atoms with E-state index in [9.17, 15) is 9.59 Å². The second-order valence-corrected chi connectivity index (χ2v) is 8.97. The summed E-state index contributed by atoms with van der Waals surface area (Å²) in [6.45, 7) is 2.33. The quantitative estimate of drug-likeness (QED) is 0.122. The highest BCUT2D eigenvalue weighted by molar-refractivity contribution is 9.10. The first-order valence-corrected chi connectivity index (χ1v) is 12.2. The van der Waals surface area contributed by atoms with E-state index in [0.717, 1.165) is 16.5 Å². The zero-order chi connectivity index (χ0) is 24.8. The van der Waals surface area contributed by atoms with Gasteiger partial charge < -0.3 is 18.6 Å². The maximum atomic E-state index is 12.9. The van der Waals surface area contributed by atoms with Gasteiger partial charge in [0.2, 0.25) is 11.2 Å². The molecular weight excluding hydrogens is 536 g/mol. The molecule has 0 amide bonds. The Morgan fingerprint density at radius 3 is 2.66 bits per heavy atom. The topological polar surface area (TPSA) is 75.0 Å². The minimum absolute atomic E-state index is 0.0917. The first-order chi connectivity index (χ1) is 16.9. The van der Waals surface area contributed by atoms with Crippen molar-refractivity contribution < 1.29 is 23.4 Å². The van der Waals surface area contributed by atoms with E-state index in [4.69, 9.17) is 30.2 Å². The Morgan fingerprint density at radius 2 is 1.86 bits per heavy atom. The first kappa shape index (κ1) is 24.8. The number of fused-ring (bicyclic) bond motifs is 1. The molecule has 180 valence electrons. The third-order valence-electron chi connectivity index (χ3n) is 5.20. The lowest BCUT2D eigenvalue weighted by Gasteiger charge is -2.10. The highest BCUT2D eigenvalue weighted by Crippen LogP contribution is 2.28. The van der Waals surface area contributed by atoms with E-state index in [1.807, 2.05) is 37.3 Å². The van der Waals surface area contributed by atoms with Crippen LogP contribution in [-0.4, -0.2) is 12.6 Å². The van der Waals surface area contributed by atoms with Gasteiger partial charge in [0.05, 0.1) is 17.0 Å². The van der Waals surface area contributed by atoms with Crippen LogP contribution < -0.4 is 19.6 Å². The molecule has 0 atom stereocenters. The van der Waals surface area contributed by atoms with Crippen molar-refractivity contribution in [3.63, 3.8) is 0 Å². The SMILES string of the molecule is CCc1ccccc1Oc1coc2cc(OC(=O)CCCOc3ccc(Br)cc3Cl)ccc2c1=O. The number of carbonyl (C=O) groups excluding carboxylic acids is 1. The summed E-state index contributed by atoms with van der Waals surface area (Å²) in [5.41, 5.74) is 0.975. The summed E-state index contributed by atoms with van der Waals surface area (Å²) in [7, 11) is 0. The van der Waals surface area contributed by atoms with Crippen LogP contribution in [0.1, 0.15) is 25.3 Å². The number of aryl methyl sites for hydroxylation is 1. The van der Waals surface area contributed by atoms with Crippen LogP contribution in [0.5, 0.6) is 23.0 Å². The van der Waals surface area contributed by atoms with E-state index >= 15 is 0 Å². The summed E-state index contributed by atoms with van der Waals surface area (Å²) in [6.07, 6.45) is 2.65. The minimum Gasteiger partial charge on any atom is -0.492 e. The molecule has 0 fully saturated rings. The fraction of sp³-hybridized carbons (Fsp3) is 0.185. The average molecular weight is 558 g/mol. The van der Waals surface area contributed by atoms with Crippen LogP contribution in [-0.2, 0) is 11.2 Å². The molecule has 0 unspecified atom stereocenters. The fourth-order valence-corrected chi connectivity index (χ4v) is 4.14. The molecule has 0 N–H and O–H groups in total. The van der Waals surface area contributed by atoms with E-state index in [2.05, 4.69) is 15.9 Å². The van der Waals surface area contributed by atoms with Crippen LogP contribution in [0, 0.1) is 0 Å². The Morgan fingerprint density at radius 1 is 1.03 bits per heavy atom. The molecular formula is C27H22BrClO6. The number of ether oxygens (including phenoxy) is 3. The van der Waals surface area contributed by atoms with Crippen LogP contribution in [0.15, 0.2) is 80.6 Å². The molecule has 0 spiro atoms. The van der Waals surface area contributed by atoms with Gasteiger partial charge in [0, 0.05) is 17.0 Å². The van der Waals surface area contributed by atoms with Crippen molar-refractivity contribution in [3.05, 3.63) is 92.2 Å². The third-order valence-corrected chi connectivity index (χ3v) is 5.98. The molecule has 35 heavy (non-hydrogen) atoms. The van der Waals surface area contributed by atoms with Crippen molar-refractivity contribution in [2.75, 3.05) is 6.61 Å². The largest absolute Gasteiger partial charge is 0.492 e. The number of halogens is 2. The molecule has 4 aromatic rings. The first-order valence-electron chi connectivity index (χ1n) is 11.0. The van der Waals surface area contributed by atoms with Crippen molar-refractivity contribution in [1.29, 1.82) is 0 Å². The Labute approximate surface area is 215 Å². The molecule has 0 aliphatic carbocycles.